The van der Waals surface area contributed by atoms with Crippen molar-refractivity contribution in [2.75, 3.05) is 6.54 Å². The van der Waals surface area contributed by atoms with Crippen molar-refractivity contribution in [2.45, 2.75) is 82.6 Å². The molecule has 1 saturated carbocycles. The van der Waals surface area contributed by atoms with E-state index < -0.39 is 0 Å². The molecule has 2 rings (SSSR count). The molecule has 1 aliphatic carbocycles. The Balaban J connectivity index is 2.04. The Morgan fingerprint density at radius 2 is 1.44 bits per heavy atom. The van der Waals surface area contributed by atoms with Crippen molar-refractivity contribution >= 4 is 0 Å². The highest BCUT2D eigenvalue weighted by atomic mass is 15.0. The van der Waals surface area contributed by atoms with E-state index in [-0.39, 0.29) is 5.54 Å². The van der Waals surface area contributed by atoms with Crippen molar-refractivity contribution in [3.63, 3.8) is 0 Å². The molecule has 2 heteroatoms. The summed E-state index contributed by atoms with van der Waals surface area (Å²) in [5.74, 6) is 0.598. The third-order valence-corrected chi connectivity index (χ3v) is 4.94. The fraction of sp³-hybridized carbons (Fsp3) is 0.938. The normalized spacial score (nSPS) is 32.6. The molecule has 0 bridgehead atoms. The third kappa shape index (κ3) is 3.48. The van der Waals surface area contributed by atoms with E-state index in [0.29, 0.717) is 5.92 Å². The van der Waals surface area contributed by atoms with Gasteiger partial charge in [-0.15, -0.1) is 0 Å². The van der Waals surface area contributed by atoms with Crippen molar-refractivity contribution in [2.24, 2.45) is 5.92 Å². The third-order valence-electron chi connectivity index (χ3n) is 4.94. The first-order valence-electron chi connectivity index (χ1n) is 8.04. The molecule has 0 aromatic carbocycles. The van der Waals surface area contributed by atoms with Crippen molar-refractivity contribution in [3.05, 3.63) is 0 Å². The second-order valence-corrected chi connectivity index (χ2v) is 6.22. The average molecular weight is 248 g/mol. The maximum atomic E-state index is 9.76. The first kappa shape index (κ1) is 13.9. The Morgan fingerprint density at radius 1 is 0.833 bits per heavy atom. The molecule has 0 spiro atoms. The van der Waals surface area contributed by atoms with Crippen LogP contribution in [0, 0.1) is 17.2 Å². The minimum absolute atomic E-state index is 0.197. The van der Waals surface area contributed by atoms with E-state index in [1.807, 2.05) is 0 Å². The van der Waals surface area contributed by atoms with Gasteiger partial charge in [-0.05, 0) is 38.1 Å². The molecule has 2 fully saturated rings. The summed E-state index contributed by atoms with van der Waals surface area (Å²) in [4.78, 5) is 0. The van der Waals surface area contributed by atoms with E-state index in [1.54, 1.807) is 0 Å². The zero-order chi connectivity index (χ0) is 12.7. The SMILES string of the molecule is N#CC1(C2CCCCCCC2)CCCCCCN1. The predicted molar refractivity (Wildman–Crippen MR) is 75.2 cm³/mol. The summed E-state index contributed by atoms with van der Waals surface area (Å²) < 4.78 is 0. The molecule has 0 radical (unpaired) electrons. The number of nitriles is 1. The van der Waals surface area contributed by atoms with Gasteiger partial charge in [0.05, 0.1) is 6.07 Å². The van der Waals surface area contributed by atoms with E-state index in [4.69, 9.17) is 0 Å². The van der Waals surface area contributed by atoms with E-state index in [0.717, 1.165) is 13.0 Å². The van der Waals surface area contributed by atoms with Crippen LogP contribution in [-0.2, 0) is 0 Å². The van der Waals surface area contributed by atoms with Crippen molar-refractivity contribution < 1.29 is 0 Å². The summed E-state index contributed by atoms with van der Waals surface area (Å²) in [5, 5.41) is 13.4. The van der Waals surface area contributed by atoms with Crippen molar-refractivity contribution in [1.82, 2.24) is 5.32 Å². The van der Waals surface area contributed by atoms with Crippen LogP contribution in [0.1, 0.15) is 77.0 Å². The van der Waals surface area contributed by atoms with Gasteiger partial charge in [-0.3, -0.25) is 5.32 Å². The van der Waals surface area contributed by atoms with Crippen LogP contribution >= 0.6 is 0 Å². The number of hydrogen-bond acceptors (Lipinski definition) is 2. The average Bonchev–Trinajstić information content (AvgIpc) is 2.30. The summed E-state index contributed by atoms with van der Waals surface area (Å²) in [6.45, 7) is 1.05. The molecule has 0 amide bonds. The van der Waals surface area contributed by atoms with Gasteiger partial charge in [0.1, 0.15) is 5.54 Å². The Hall–Kier alpha value is -0.550. The Bertz CT molecular complexity index is 263. The Kier molecular flexibility index (Phi) is 5.50. The molecule has 1 aliphatic heterocycles. The number of nitrogens with one attached hydrogen (secondary N) is 1. The van der Waals surface area contributed by atoms with Gasteiger partial charge in [0.2, 0.25) is 0 Å². The highest BCUT2D eigenvalue weighted by Crippen LogP contribution is 2.35. The second kappa shape index (κ2) is 7.14. The zero-order valence-corrected chi connectivity index (χ0v) is 11.7. The molecular formula is C16H28N2. The smallest absolute Gasteiger partial charge is 0.109 e. The molecule has 1 unspecified atom stereocenters. The summed E-state index contributed by atoms with van der Waals surface area (Å²) in [7, 11) is 0. The maximum Gasteiger partial charge on any atom is 0.109 e. The molecule has 1 heterocycles. The van der Waals surface area contributed by atoms with Crippen LogP contribution in [0.3, 0.4) is 0 Å². The molecule has 2 nitrogen and oxygen atoms in total. The first-order chi connectivity index (χ1) is 8.87. The van der Waals surface area contributed by atoms with Crippen LogP contribution in [0.5, 0.6) is 0 Å². The molecule has 1 N–H and O–H groups in total. The molecule has 0 aromatic rings. The van der Waals surface area contributed by atoms with E-state index in [9.17, 15) is 5.26 Å². The lowest BCUT2D eigenvalue weighted by molar-refractivity contribution is 0.199. The van der Waals surface area contributed by atoms with Gasteiger partial charge in [-0.25, -0.2) is 0 Å². The van der Waals surface area contributed by atoms with Gasteiger partial charge >= 0.3 is 0 Å². The number of hydrogen-bond donors (Lipinski definition) is 1. The standard InChI is InChI=1S/C16H28N2/c17-14-16(12-8-4-5-9-13-18-16)15-10-6-2-1-3-7-11-15/h15,18H,1-13H2. The van der Waals surface area contributed by atoms with Gasteiger partial charge in [0.25, 0.3) is 0 Å². The molecule has 0 aromatic heterocycles. The fourth-order valence-electron chi connectivity index (χ4n) is 3.77. The van der Waals surface area contributed by atoms with Crippen LogP contribution in [0.2, 0.25) is 0 Å². The van der Waals surface area contributed by atoms with E-state index in [1.165, 1.54) is 70.6 Å². The summed E-state index contributed by atoms with van der Waals surface area (Å²) >= 11 is 0. The topological polar surface area (TPSA) is 35.8 Å². The lowest BCUT2D eigenvalue weighted by atomic mass is 9.73. The van der Waals surface area contributed by atoms with Crippen LogP contribution in [0.4, 0.5) is 0 Å². The van der Waals surface area contributed by atoms with E-state index in [2.05, 4.69) is 11.4 Å². The largest absolute Gasteiger partial charge is 0.299 e. The zero-order valence-electron chi connectivity index (χ0n) is 11.7. The van der Waals surface area contributed by atoms with Gasteiger partial charge in [-0.1, -0.05) is 51.4 Å². The summed E-state index contributed by atoms with van der Waals surface area (Å²) in [6, 6.07) is 2.69. The maximum absolute atomic E-state index is 9.76. The number of rotatable bonds is 1. The number of nitrogens with zero attached hydrogens (tertiary/aromatic N) is 1. The molecule has 102 valence electrons. The highest BCUT2D eigenvalue weighted by molar-refractivity contribution is 5.11. The van der Waals surface area contributed by atoms with Crippen LogP contribution < -0.4 is 5.32 Å². The minimum Gasteiger partial charge on any atom is -0.299 e. The van der Waals surface area contributed by atoms with Gasteiger partial charge < -0.3 is 0 Å². The molecular weight excluding hydrogens is 220 g/mol. The summed E-state index contributed by atoms with van der Waals surface area (Å²) in [5.41, 5.74) is -0.197. The van der Waals surface area contributed by atoms with Gasteiger partial charge in [0.15, 0.2) is 0 Å². The first-order valence-corrected chi connectivity index (χ1v) is 8.04. The molecule has 1 atom stereocenters. The monoisotopic (exact) mass is 248 g/mol. The van der Waals surface area contributed by atoms with Gasteiger partial charge in [0, 0.05) is 0 Å². The predicted octanol–water partition coefficient (Wildman–Crippen LogP) is 4.16. The molecule has 2 aliphatic rings. The highest BCUT2D eigenvalue weighted by Gasteiger charge is 2.38. The molecule has 1 saturated heterocycles. The van der Waals surface area contributed by atoms with E-state index >= 15 is 0 Å². The fourth-order valence-corrected chi connectivity index (χ4v) is 3.77. The van der Waals surface area contributed by atoms with Crippen LogP contribution in [0.15, 0.2) is 0 Å². The molecule has 18 heavy (non-hydrogen) atoms. The lowest BCUT2D eigenvalue weighted by Crippen LogP contribution is -2.51. The van der Waals surface area contributed by atoms with Crippen LogP contribution in [0.25, 0.3) is 0 Å². The van der Waals surface area contributed by atoms with Crippen molar-refractivity contribution in [3.8, 4) is 6.07 Å². The lowest BCUT2D eigenvalue weighted by Gasteiger charge is -2.38. The van der Waals surface area contributed by atoms with Gasteiger partial charge in [-0.2, -0.15) is 5.26 Å². The quantitative estimate of drug-likeness (QED) is 0.756. The second-order valence-electron chi connectivity index (χ2n) is 6.22. The van der Waals surface area contributed by atoms with Crippen LogP contribution in [-0.4, -0.2) is 12.1 Å². The summed E-state index contributed by atoms with van der Waals surface area (Å²) in [6.07, 6.45) is 15.5. The Morgan fingerprint density at radius 3 is 2.17 bits per heavy atom. The Labute approximate surface area is 112 Å². The minimum atomic E-state index is -0.197. The van der Waals surface area contributed by atoms with Crippen molar-refractivity contribution in [1.29, 1.82) is 5.26 Å².